The molecule has 2 atom stereocenters. The second-order valence-electron chi connectivity index (χ2n) is 7.96. The lowest BCUT2D eigenvalue weighted by Crippen LogP contribution is -2.35. The van der Waals surface area contributed by atoms with Crippen LogP contribution >= 0.6 is 11.6 Å². The first-order valence-electron chi connectivity index (χ1n) is 9.16. The molecular weight excluding hydrogens is 336 g/mol. The van der Waals surface area contributed by atoms with Gasteiger partial charge < -0.3 is 15.0 Å². The number of likely N-dealkylation sites (tertiary alicyclic amines) is 1. The van der Waals surface area contributed by atoms with E-state index in [9.17, 15) is 4.79 Å². The molecule has 2 aliphatic rings. The van der Waals surface area contributed by atoms with Gasteiger partial charge in [-0.25, -0.2) is 4.79 Å². The van der Waals surface area contributed by atoms with Crippen LogP contribution in [-0.2, 0) is 11.3 Å². The minimum Gasteiger partial charge on any atom is -0.444 e. The average Bonchev–Trinajstić information content (AvgIpc) is 3.10. The Labute approximate surface area is 156 Å². The Morgan fingerprint density at radius 3 is 2.36 bits per heavy atom. The van der Waals surface area contributed by atoms with Gasteiger partial charge in [0, 0.05) is 24.7 Å². The van der Waals surface area contributed by atoms with E-state index in [1.165, 1.54) is 19.3 Å². The summed E-state index contributed by atoms with van der Waals surface area (Å²) < 4.78 is 5.37. The van der Waals surface area contributed by atoms with Crippen LogP contribution < -0.4 is 5.32 Å². The summed E-state index contributed by atoms with van der Waals surface area (Å²) in [6, 6.07) is 7.83. The number of carbonyl (C=O) groups is 1. The van der Waals surface area contributed by atoms with Gasteiger partial charge in [-0.1, -0.05) is 36.2 Å². The molecule has 1 saturated heterocycles. The fourth-order valence-electron chi connectivity index (χ4n) is 3.54. The molecule has 25 heavy (non-hydrogen) atoms. The predicted octanol–water partition coefficient (Wildman–Crippen LogP) is 4.71. The van der Waals surface area contributed by atoms with E-state index in [0.717, 1.165) is 42.1 Å². The monoisotopic (exact) mass is 366 g/mol. The molecule has 0 spiro atoms. The van der Waals surface area contributed by atoms with E-state index >= 15 is 0 Å². The van der Waals surface area contributed by atoms with Crippen molar-refractivity contribution in [2.45, 2.75) is 52.2 Å². The molecule has 0 bridgehead atoms. The van der Waals surface area contributed by atoms with Gasteiger partial charge in [0.25, 0.3) is 0 Å². The van der Waals surface area contributed by atoms with Gasteiger partial charge in [-0.15, -0.1) is 0 Å². The molecule has 5 heteroatoms. The molecule has 1 heterocycles. The third-order valence-corrected chi connectivity index (χ3v) is 5.07. The summed E-state index contributed by atoms with van der Waals surface area (Å²) in [7, 11) is 1.91. The lowest BCUT2D eigenvalue weighted by Gasteiger charge is -2.24. The van der Waals surface area contributed by atoms with Gasteiger partial charge in [0.05, 0.1) is 0 Å². The standard InChI is InChI=1S/C12H21NO2.C8H10ClN/c1-12(2,3)15-11(14)13-7-9-5-4-6-10(9)8-13;1-10-6-7-4-2-3-5-8(7)9/h9-10H,4-8H2,1-3H3;2-5,10H,6H2,1H3. The van der Waals surface area contributed by atoms with Crippen LogP contribution in [0, 0.1) is 11.8 Å². The van der Waals surface area contributed by atoms with Crippen molar-refractivity contribution in [3.63, 3.8) is 0 Å². The van der Waals surface area contributed by atoms with Crippen molar-refractivity contribution in [1.29, 1.82) is 0 Å². The number of halogens is 1. The van der Waals surface area contributed by atoms with Crippen LogP contribution in [0.3, 0.4) is 0 Å². The molecule has 2 unspecified atom stereocenters. The van der Waals surface area contributed by atoms with Gasteiger partial charge in [0.2, 0.25) is 0 Å². The summed E-state index contributed by atoms with van der Waals surface area (Å²) in [5, 5.41) is 3.87. The molecule has 1 aromatic rings. The van der Waals surface area contributed by atoms with Crippen LogP contribution in [0.5, 0.6) is 0 Å². The number of hydrogen-bond donors (Lipinski definition) is 1. The van der Waals surface area contributed by atoms with E-state index < -0.39 is 0 Å². The highest BCUT2D eigenvalue weighted by molar-refractivity contribution is 6.31. The summed E-state index contributed by atoms with van der Waals surface area (Å²) >= 11 is 5.86. The summed E-state index contributed by atoms with van der Waals surface area (Å²) in [5.74, 6) is 1.50. The van der Waals surface area contributed by atoms with Crippen LogP contribution in [0.25, 0.3) is 0 Å². The van der Waals surface area contributed by atoms with Gasteiger partial charge in [0.15, 0.2) is 0 Å². The number of amides is 1. The van der Waals surface area contributed by atoms with Crippen LogP contribution in [0.4, 0.5) is 4.79 Å². The number of ether oxygens (including phenoxy) is 1. The van der Waals surface area contributed by atoms with E-state index in [4.69, 9.17) is 16.3 Å². The van der Waals surface area contributed by atoms with Crippen molar-refractivity contribution in [2.75, 3.05) is 20.1 Å². The molecule has 1 aromatic carbocycles. The van der Waals surface area contributed by atoms with E-state index in [0.29, 0.717) is 0 Å². The summed E-state index contributed by atoms with van der Waals surface area (Å²) in [6.07, 6.45) is 3.81. The lowest BCUT2D eigenvalue weighted by atomic mass is 10.0. The molecule has 1 amide bonds. The summed E-state index contributed by atoms with van der Waals surface area (Å²) in [4.78, 5) is 13.7. The summed E-state index contributed by atoms with van der Waals surface area (Å²) in [5.41, 5.74) is 0.779. The number of nitrogens with zero attached hydrogens (tertiary/aromatic N) is 1. The minimum absolute atomic E-state index is 0.128. The molecule has 140 valence electrons. The van der Waals surface area contributed by atoms with E-state index in [-0.39, 0.29) is 11.7 Å². The molecule has 1 aliphatic carbocycles. The highest BCUT2D eigenvalue weighted by Gasteiger charge is 2.39. The van der Waals surface area contributed by atoms with Crippen LogP contribution in [0.2, 0.25) is 5.02 Å². The Balaban J connectivity index is 0.000000196. The Morgan fingerprint density at radius 2 is 1.84 bits per heavy atom. The van der Waals surface area contributed by atoms with Gasteiger partial charge in [-0.3, -0.25) is 0 Å². The molecule has 0 aromatic heterocycles. The van der Waals surface area contributed by atoms with E-state index in [2.05, 4.69) is 5.32 Å². The fourth-order valence-corrected chi connectivity index (χ4v) is 3.75. The maximum Gasteiger partial charge on any atom is 0.410 e. The SMILES string of the molecule is CC(C)(C)OC(=O)N1CC2CCCC2C1.CNCc1ccccc1Cl. The number of rotatable bonds is 2. The third kappa shape index (κ3) is 6.19. The van der Waals surface area contributed by atoms with Crippen molar-refractivity contribution >= 4 is 17.7 Å². The van der Waals surface area contributed by atoms with Crippen molar-refractivity contribution in [2.24, 2.45) is 11.8 Å². The molecular formula is C20H31ClN2O2. The van der Waals surface area contributed by atoms with Gasteiger partial charge in [-0.2, -0.15) is 0 Å². The van der Waals surface area contributed by atoms with Crippen LogP contribution in [0.15, 0.2) is 24.3 Å². The first kappa shape index (κ1) is 20.1. The maximum atomic E-state index is 11.8. The van der Waals surface area contributed by atoms with Crippen LogP contribution in [0.1, 0.15) is 45.6 Å². The minimum atomic E-state index is -0.366. The van der Waals surface area contributed by atoms with Gasteiger partial charge >= 0.3 is 6.09 Å². The molecule has 4 nitrogen and oxygen atoms in total. The maximum absolute atomic E-state index is 11.8. The second kappa shape index (κ2) is 8.91. The molecule has 0 radical (unpaired) electrons. The molecule has 3 rings (SSSR count). The van der Waals surface area contributed by atoms with Crippen LogP contribution in [-0.4, -0.2) is 36.7 Å². The number of carbonyl (C=O) groups excluding carboxylic acids is 1. The highest BCUT2D eigenvalue weighted by atomic mass is 35.5. The number of hydrogen-bond acceptors (Lipinski definition) is 3. The first-order chi connectivity index (χ1) is 11.8. The predicted molar refractivity (Wildman–Crippen MR) is 103 cm³/mol. The van der Waals surface area contributed by atoms with Gasteiger partial charge in [0.1, 0.15) is 5.60 Å². The zero-order valence-corrected chi connectivity index (χ0v) is 16.6. The molecule has 1 aliphatic heterocycles. The topological polar surface area (TPSA) is 41.6 Å². The zero-order valence-electron chi connectivity index (χ0n) is 15.8. The largest absolute Gasteiger partial charge is 0.444 e. The van der Waals surface area contributed by atoms with Gasteiger partial charge in [-0.05, 0) is 64.1 Å². The quantitative estimate of drug-likeness (QED) is 0.823. The molecule has 1 N–H and O–H groups in total. The lowest BCUT2D eigenvalue weighted by molar-refractivity contribution is 0.0280. The van der Waals surface area contributed by atoms with Crippen molar-refractivity contribution in [3.05, 3.63) is 34.9 Å². The Morgan fingerprint density at radius 1 is 1.24 bits per heavy atom. The number of fused-ring (bicyclic) bond motifs is 1. The summed E-state index contributed by atoms with van der Waals surface area (Å²) in [6.45, 7) is 8.42. The second-order valence-corrected chi connectivity index (χ2v) is 8.37. The van der Waals surface area contributed by atoms with Crippen molar-refractivity contribution in [3.8, 4) is 0 Å². The molecule has 2 fully saturated rings. The van der Waals surface area contributed by atoms with Crippen molar-refractivity contribution < 1.29 is 9.53 Å². The third-order valence-electron chi connectivity index (χ3n) is 4.70. The smallest absolute Gasteiger partial charge is 0.410 e. The highest BCUT2D eigenvalue weighted by Crippen LogP contribution is 2.38. The fraction of sp³-hybridized carbons (Fsp3) is 0.650. The number of benzene rings is 1. The Hall–Kier alpha value is -1.26. The zero-order chi connectivity index (χ0) is 18.4. The van der Waals surface area contributed by atoms with Crippen molar-refractivity contribution in [1.82, 2.24) is 10.2 Å². The molecule has 1 saturated carbocycles. The number of nitrogens with one attached hydrogen (secondary N) is 1. The van der Waals surface area contributed by atoms with E-state index in [1.54, 1.807) is 0 Å². The first-order valence-corrected chi connectivity index (χ1v) is 9.54. The van der Waals surface area contributed by atoms with E-state index in [1.807, 2.05) is 57.0 Å². The Kier molecular flexibility index (Phi) is 7.14. The average molecular weight is 367 g/mol. The normalized spacial score (nSPS) is 22.2. The Bertz CT molecular complexity index is 559.